The molecule has 2 aromatic heterocycles. The number of carbonyl (C=O) groups is 3. The molecule has 0 spiro atoms. The van der Waals surface area contributed by atoms with Gasteiger partial charge in [-0.3, -0.25) is 23.6 Å². The van der Waals surface area contributed by atoms with Crippen molar-refractivity contribution in [2.75, 3.05) is 26.3 Å². The highest BCUT2D eigenvalue weighted by Gasteiger charge is 2.31. The number of amides is 2. The molecule has 2 heterocycles. The van der Waals surface area contributed by atoms with Crippen molar-refractivity contribution in [3.63, 3.8) is 0 Å². The van der Waals surface area contributed by atoms with Crippen LogP contribution in [0.2, 0.25) is 0 Å². The lowest BCUT2D eigenvalue weighted by molar-refractivity contribution is -0.160. The summed E-state index contributed by atoms with van der Waals surface area (Å²) in [4.78, 5) is 56.7. The maximum Gasteiger partial charge on any atom is 0.476 e. The summed E-state index contributed by atoms with van der Waals surface area (Å²) in [6, 6.07) is 6.49. The molecule has 0 aliphatic heterocycles. The first-order valence-corrected chi connectivity index (χ1v) is 15.2. The van der Waals surface area contributed by atoms with Crippen LogP contribution in [-0.4, -0.2) is 68.2 Å². The van der Waals surface area contributed by atoms with Crippen molar-refractivity contribution in [2.24, 2.45) is 23.4 Å². The molecule has 18 heteroatoms. The Kier molecular flexibility index (Phi) is 10.2. The predicted octanol–water partition coefficient (Wildman–Crippen LogP) is 2.27. The normalized spacial score (nSPS) is 14.9. The number of nitrogens with one attached hydrogen (secondary N) is 2. The fraction of sp³-hybridized carbons (Fsp3) is 0.444. The largest absolute Gasteiger partial charge is 0.494 e. The fourth-order valence-corrected chi connectivity index (χ4v) is 4.28. The van der Waals surface area contributed by atoms with Gasteiger partial charge in [0.2, 0.25) is 12.7 Å². The first-order valence-electron chi connectivity index (χ1n) is 13.7. The summed E-state index contributed by atoms with van der Waals surface area (Å²) >= 11 is 0. The third-order valence-electron chi connectivity index (χ3n) is 6.30. The molecule has 1 aliphatic carbocycles. The fourth-order valence-electron chi connectivity index (χ4n) is 3.76. The highest BCUT2D eigenvalue weighted by atomic mass is 31.2. The van der Waals surface area contributed by atoms with Crippen molar-refractivity contribution in [1.82, 2.24) is 29.9 Å². The van der Waals surface area contributed by atoms with E-state index in [2.05, 4.69) is 30.8 Å². The van der Waals surface area contributed by atoms with E-state index in [1.807, 2.05) is 0 Å². The zero-order valence-corrected chi connectivity index (χ0v) is 26.5. The van der Waals surface area contributed by atoms with Gasteiger partial charge in [0.25, 0.3) is 5.91 Å². The van der Waals surface area contributed by atoms with Gasteiger partial charge >= 0.3 is 13.8 Å². The Balaban J connectivity index is 1.72. The van der Waals surface area contributed by atoms with Crippen molar-refractivity contribution in [1.29, 1.82) is 0 Å². The number of anilines is 1. The highest BCUT2D eigenvalue weighted by molar-refractivity contribution is 7.47. The summed E-state index contributed by atoms with van der Waals surface area (Å²) in [7, 11) is -0.221. The summed E-state index contributed by atoms with van der Waals surface area (Å²) < 4.78 is 35.4. The average Bonchev–Trinajstić information content (AvgIpc) is 3.75. The van der Waals surface area contributed by atoms with Crippen LogP contribution < -0.4 is 20.7 Å². The molecule has 1 saturated carbocycles. The maximum atomic E-state index is 13.0. The first kappa shape index (κ1) is 33.5. The minimum Gasteiger partial charge on any atom is -0.494 e. The number of phosphoric acid groups is 1. The molecule has 1 aromatic carbocycles. The number of para-hydroxylation sites is 1. The number of benzene rings is 1. The highest BCUT2D eigenvalue weighted by Crippen LogP contribution is 2.44. The molecule has 1 unspecified atom stereocenters. The smallest absolute Gasteiger partial charge is 0.476 e. The van der Waals surface area contributed by atoms with E-state index < -0.39 is 38.6 Å². The molecule has 4 rings (SSSR count). The van der Waals surface area contributed by atoms with Crippen LogP contribution in [0.5, 0.6) is 5.75 Å². The molecule has 1 aliphatic rings. The van der Waals surface area contributed by atoms with E-state index in [4.69, 9.17) is 18.5 Å². The number of nitrogens with zero attached hydrogens (tertiary/aromatic N) is 6. The molecule has 3 N–H and O–H groups in total. The van der Waals surface area contributed by atoms with Crippen molar-refractivity contribution < 1.29 is 42.4 Å². The van der Waals surface area contributed by atoms with Crippen LogP contribution >= 0.6 is 7.82 Å². The van der Waals surface area contributed by atoms with Crippen molar-refractivity contribution in [3.05, 3.63) is 41.6 Å². The Labute approximate surface area is 258 Å². The van der Waals surface area contributed by atoms with Gasteiger partial charge in [0.15, 0.2) is 24.0 Å². The molecule has 2 amide bonds. The molecule has 0 bridgehead atoms. The molecular weight excluding hydrogens is 611 g/mol. The zero-order valence-electron chi connectivity index (χ0n) is 25.6. The number of aromatic nitrogens is 5. The van der Waals surface area contributed by atoms with E-state index in [1.165, 1.54) is 31.2 Å². The van der Waals surface area contributed by atoms with Crippen molar-refractivity contribution in [2.45, 2.75) is 40.3 Å². The van der Waals surface area contributed by atoms with Crippen LogP contribution in [0.1, 0.15) is 44.1 Å². The number of hydrogen-bond acceptors (Lipinski definition) is 12. The lowest BCUT2D eigenvalue weighted by Crippen LogP contribution is -2.32. The molecule has 45 heavy (non-hydrogen) atoms. The third kappa shape index (κ3) is 8.60. The van der Waals surface area contributed by atoms with Gasteiger partial charge in [-0.25, -0.2) is 23.7 Å². The van der Waals surface area contributed by atoms with Crippen molar-refractivity contribution in [3.8, 4) is 17.1 Å². The van der Waals surface area contributed by atoms with E-state index in [0.29, 0.717) is 35.7 Å². The quantitative estimate of drug-likeness (QED) is 0.147. The molecule has 0 saturated heterocycles. The summed E-state index contributed by atoms with van der Waals surface area (Å²) in [6.45, 7) is 3.23. The number of carbonyl (C=O) groups excluding carboxylic acids is 3. The summed E-state index contributed by atoms with van der Waals surface area (Å²) in [5, 5.41) is 13.8. The van der Waals surface area contributed by atoms with E-state index in [1.54, 1.807) is 46.0 Å². The summed E-state index contributed by atoms with van der Waals surface area (Å²) in [5.74, 6) is -1.12. The SMILES string of the molecule is CNC(=O)c1nn(COP(=O)(O)OCOC(=O)C(C)(C)C)c(NC(=O)C2CC2)cc1=Nc1cccc(-c2ncn(C)n2)c1OC. The maximum absolute atomic E-state index is 13.0. The Morgan fingerprint density at radius 1 is 1.18 bits per heavy atom. The number of methoxy groups -OCH3 is 1. The van der Waals surface area contributed by atoms with Gasteiger partial charge in [0.05, 0.1) is 18.1 Å². The van der Waals surface area contributed by atoms with Gasteiger partial charge in [0.1, 0.15) is 23.2 Å². The van der Waals surface area contributed by atoms with Crippen LogP contribution in [0.15, 0.2) is 35.6 Å². The molecular formula is C27H35N8O9P. The van der Waals surface area contributed by atoms with Gasteiger partial charge in [-0.1, -0.05) is 6.07 Å². The van der Waals surface area contributed by atoms with Crippen LogP contribution in [0.25, 0.3) is 11.4 Å². The van der Waals surface area contributed by atoms with Crippen LogP contribution in [0.4, 0.5) is 11.5 Å². The lowest BCUT2D eigenvalue weighted by atomic mass is 9.98. The topological polar surface area (TPSA) is 210 Å². The lowest BCUT2D eigenvalue weighted by Gasteiger charge is -2.19. The Bertz CT molecular complexity index is 1710. The third-order valence-corrected chi connectivity index (χ3v) is 7.17. The number of esters is 1. The van der Waals surface area contributed by atoms with E-state index in [9.17, 15) is 23.8 Å². The Morgan fingerprint density at radius 3 is 2.51 bits per heavy atom. The monoisotopic (exact) mass is 646 g/mol. The molecule has 17 nitrogen and oxygen atoms in total. The number of phosphoric ester groups is 1. The van der Waals surface area contributed by atoms with Crippen LogP contribution in [-0.2, 0) is 41.7 Å². The molecule has 3 aromatic rings. The summed E-state index contributed by atoms with van der Waals surface area (Å²) in [5.41, 5.74) is -0.216. The Morgan fingerprint density at radius 2 is 1.91 bits per heavy atom. The first-order chi connectivity index (χ1) is 21.2. The standard InChI is InChI=1S/C27H35N8O9P/c1-27(2,3)26(38)42-15-44-45(39,40)43-14-35-20(31-24(36)16-10-11-16)12-19(21(32-35)25(37)28-4)30-18-9-7-8-17(22(18)41-6)23-29-13-34(5)33-23/h7-9,12-13,16H,10-11,14-15H2,1-6H3,(H,28,37)(H,31,36)(H,39,40). The van der Waals surface area contributed by atoms with E-state index in [-0.39, 0.29) is 28.7 Å². The van der Waals surface area contributed by atoms with Gasteiger partial charge in [-0.2, -0.15) is 10.2 Å². The molecule has 242 valence electrons. The Hall–Kier alpha value is -4.44. The number of aryl methyl sites for hydroxylation is 1. The van der Waals surface area contributed by atoms with E-state index in [0.717, 1.165) is 4.68 Å². The number of rotatable bonds is 12. The number of hydrogen-bond donors (Lipinski definition) is 3. The molecule has 0 radical (unpaired) electrons. The molecule has 1 atom stereocenters. The molecule has 1 fully saturated rings. The predicted molar refractivity (Wildman–Crippen MR) is 158 cm³/mol. The van der Waals surface area contributed by atoms with E-state index >= 15 is 0 Å². The average molecular weight is 647 g/mol. The second kappa shape index (κ2) is 13.7. The van der Waals surface area contributed by atoms with Gasteiger partial charge in [-0.05, 0) is 45.7 Å². The summed E-state index contributed by atoms with van der Waals surface area (Å²) in [6.07, 6.45) is 2.93. The number of ether oxygens (including phenoxy) is 2. The van der Waals surface area contributed by atoms with Gasteiger partial charge < -0.3 is 25.0 Å². The van der Waals surface area contributed by atoms with Gasteiger partial charge in [-0.15, -0.1) is 0 Å². The van der Waals surface area contributed by atoms with Crippen molar-refractivity contribution >= 4 is 37.1 Å². The van der Waals surface area contributed by atoms with Crippen LogP contribution in [0.3, 0.4) is 0 Å². The minimum atomic E-state index is -4.79. The minimum absolute atomic E-state index is 0.0129. The van der Waals surface area contributed by atoms with Crippen LogP contribution in [0, 0.1) is 11.3 Å². The van der Waals surface area contributed by atoms with Gasteiger partial charge in [0, 0.05) is 26.1 Å². The second-order valence-corrected chi connectivity index (χ2v) is 12.4. The second-order valence-electron chi connectivity index (χ2n) is 11.0. The zero-order chi connectivity index (χ0) is 32.9.